The van der Waals surface area contributed by atoms with E-state index in [2.05, 4.69) is 46.1 Å². The molecule has 6 nitrogen and oxygen atoms in total. The van der Waals surface area contributed by atoms with Crippen molar-refractivity contribution in [1.82, 2.24) is 14.9 Å². The second kappa shape index (κ2) is 4.85. The first-order valence-corrected chi connectivity index (χ1v) is 5.87. The number of nitrogens with two attached hydrogens (primary N) is 1. The summed E-state index contributed by atoms with van der Waals surface area (Å²) >= 11 is 0. The second-order valence-electron chi connectivity index (χ2n) is 4.68. The zero-order valence-corrected chi connectivity index (χ0v) is 10.6. The molecule has 2 atom stereocenters. The molecule has 1 aromatic rings. The molecule has 1 aliphatic heterocycles. The lowest BCUT2D eigenvalue weighted by Crippen LogP contribution is -2.55. The van der Waals surface area contributed by atoms with Gasteiger partial charge in [0.2, 0.25) is 0 Å². The van der Waals surface area contributed by atoms with Gasteiger partial charge in [0.05, 0.1) is 12.4 Å². The largest absolute Gasteiger partial charge is 0.352 e. The summed E-state index contributed by atoms with van der Waals surface area (Å²) in [5.74, 6) is 6.83. The number of hydrogen-bond acceptors (Lipinski definition) is 6. The van der Waals surface area contributed by atoms with Crippen molar-refractivity contribution in [2.75, 3.05) is 30.5 Å². The van der Waals surface area contributed by atoms with Crippen molar-refractivity contribution < 1.29 is 0 Å². The van der Waals surface area contributed by atoms with E-state index in [-0.39, 0.29) is 0 Å². The molecule has 0 amide bonds. The molecular formula is C11H20N6. The van der Waals surface area contributed by atoms with Crippen molar-refractivity contribution in [2.24, 2.45) is 5.84 Å². The lowest BCUT2D eigenvalue weighted by Gasteiger charge is -2.42. The molecular weight excluding hydrogens is 216 g/mol. The highest BCUT2D eigenvalue weighted by atomic mass is 15.3. The molecule has 0 spiro atoms. The molecule has 2 heterocycles. The standard InChI is InChI=1S/C11H20N6/c1-8-6-17(7-9(2)16(8)3)11-5-13-4-10(14-11)15-12/h4-5,8-9H,6-7,12H2,1-3H3,(H,14,15). The molecule has 2 rings (SSSR count). The van der Waals surface area contributed by atoms with Crippen LogP contribution in [0, 0.1) is 0 Å². The number of nitrogens with zero attached hydrogens (tertiary/aromatic N) is 4. The maximum Gasteiger partial charge on any atom is 0.160 e. The van der Waals surface area contributed by atoms with E-state index in [1.807, 2.05) is 0 Å². The molecule has 2 unspecified atom stereocenters. The minimum Gasteiger partial charge on any atom is -0.352 e. The van der Waals surface area contributed by atoms with Gasteiger partial charge in [-0.05, 0) is 20.9 Å². The van der Waals surface area contributed by atoms with Gasteiger partial charge in [-0.1, -0.05) is 0 Å². The van der Waals surface area contributed by atoms with Crippen LogP contribution in [0.25, 0.3) is 0 Å². The van der Waals surface area contributed by atoms with Gasteiger partial charge in [-0.15, -0.1) is 0 Å². The van der Waals surface area contributed by atoms with Crippen LogP contribution < -0.4 is 16.2 Å². The maximum absolute atomic E-state index is 5.35. The third-order valence-electron chi connectivity index (χ3n) is 3.45. The molecule has 1 aromatic heterocycles. The van der Waals surface area contributed by atoms with Crippen molar-refractivity contribution >= 4 is 11.6 Å². The van der Waals surface area contributed by atoms with E-state index in [1.54, 1.807) is 12.4 Å². The van der Waals surface area contributed by atoms with Gasteiger partial charge in [0.1, 0.15) is 5.82 Å². The average Bonchev–Trinajstić information content (AvgIpc) is 2.35. The zero-order chi connectivity index (χ0) is 12.4. The number of nitrogens with one attached hydrogen (secondary N) is 1. The molecule has 0 radical (unpaired) electrons. The molecule has 3 N–H and O–H groups in total. The summed E-state index contributed by atoms with van der Waals surface area (Å²) in [5, 5.41) is 0. The number of anilines is 2. The highest BCUT2D eigenvalue weighted by molar-refractivity contribution is 5.44. The van der Waals surface area contributed by atoms with Crippen molar-refractivity contribution in [3.63, 3.8) is 0 Å². The first-order chi connectivity index (χ1) is 8.11. The summed E-state index contributed by atoms with van der Waals surface area (Å²) in [6.07, 6.45) is 3.40. The SMILES string of the molecule is CC1CN(c2cncc(NN)n2)CC(C)N1C. The molecule has 1 aliphatic rings. The predicted octanol–water partition coefficient (Wildman–Crippen LogP) is 0.291. The van der Waals surface area contributed by atoms with Crippen LogP contribution in [0.3, 0.4) is 0 Å². The summed E-state index contributed by atoms with van der Waals surface area (Å²) in [5.41, 5.74) is 2.53. The topological polar surface area (TPSA) is 70.3 Å². The quantitative estimate of drug-likeness (QED) is 0.568. The molecule has 6 heteroatoms. The van der Waals surface area contributed by atoms with E-state index in [9.17, 15) is 0 Å². The van der Waals surface area contributed by atoms with Crippen LogP contribution in [0.5, 0.6) is 0 Å². The molecule has 0 aromatic carbocycles. The average molecular weight is 236 g/mol. The smallest absolute Gasteiger partial charge is 0.160 e. The fourth-order valence-corrected chi connectivity index (χ4v) is 2.17. The Hall–Kier alpha value is -1.40. The first-order valence-electron chi connectivity index (χ1n) is 5.87. The van der Waals surface area contributed by atoms with E-state index in [0.717, 1.165) is 18.9 Å². The Bertz CT molecular complexity index is 370. The van der Waals surface area contributed by atoms with Gasteiger partial charge in [0, 0.05) is 25.2 Å². The zero-order valence-electron chi connectivity index (χ0n) is 10.6. The van der Waals surface area contributed by atoms with Crippen molar-refractivity contribution in [3.05, 3.63) is 12.4 Å². The monoisotopic (exact) mass is 236 g/mol. The van der Waals surface area contributed by atoms with Crippen LogP contribution in [0.1, 0.15) is 13.8 Å². The van der Waals surface area contributed by atoms with Crippen molar-refractivity contribution in [1.29, 1.82) is 0 Å². The number of aromatic nitrogens is 2. The van der Waals surface area contributed by atoms with E-state index in [0.29, 0.717) is 17.9 Å². The van der Waals surface area contributed by atoms with Gasteiger partial charge in [-0.2, -0.15) is 0 Å². The second-order valence-corrected chi connectivity index (χ2v) is 4.68. The maximum atomic E-state index is 5.35. The molecule has 17 heavy (non-hydrogen) atoms. The Morgan fingerprint density at radius 1 is 1.29 bits per heavy atom. The van der Waals surface area contributed by atoms with E-state index >= 15 is 0 Å². The molecule has 0 saturated carbocycles. The molecule has 94 valence electrons. The normalized spacial score (nSPS) is 26.0. The fourth-order valence-electron chi connectivity index (χ4n) is 2.17. The highest BCUT2D eigenvalue weighted by Crippen LogP contribution is 2.19. The Morgan fingerprint density at radius 2 is 1.94 bits per heavy atom. The van der Waals surface area contributed by atoms with Gasteiger partial charge < -0.3 is 10.3 Å². The minimum absolute atomic E-state index is 0.509. The molecule has 0 aliphatic carbocycles. The third-order valence-corrected chi connectivity index (χ3v) is 3.45. The van der Waals surface area contributed by atoms with Crippen LogP contribution in [0.2, 0.25) is 0 Å². The van der Waals surface area contributed by atoms with E-state index < -0.39 is 0 Å². The van der Waals surface area contributed by atoms with Crippen LogP contribution >= 0.6 is 0 Å². The molecule has 1 saturated heterocycles. The molecule has 1 fully saturated rings. The number of hydrazine groups is 1. The van der Waals surface area contributed by atoms with Gasteiger partial charge in [-0.25, -0.2) is 10.8 Å². The highest BCUT2D eigenvalue weighted by Gasteiger charge is 2.27. The van der Waals surface area contributed by atoms with Crippen LogP contribution in [0.4, 0.5) is 11.6 Å². The Morgan fingerprint density at radius 3 is 2.53 bits per heavy atom. The van der Waals surface area contributed by atoms with Crippen molar-refractivity contribution in [3.8, 4) is 0 Å². The molecule has 0 bridgehead atoms. The van der Waals surface area contributed by atoms with Crippen LogP contribution in [-0.2, 0) is 0 Å². The fraction of sp³-hybridized carbons (Fsp3) is 0.636. The number of rotatable bonds is 2. The number of hydrogen-bond donors (Lipinski definition) is 2. The summed E-state index contributed by atoms with van der Waals surface area (Å²) in [6, 6.07) is 1.02. The van der Waals surface area contributed by atoms with E-state index in [1.165, 1.54) is 0 Å². The van der Waals surface area contributed by atoms with Gasteiger partial charge in [0.25, 0.3) is 0 Å². The number of piperazine rings is 1. The van der Waals surface area contributed by atoms with E-state index in [4.69, 9.17) is 5.84 Å². The summed E-state index contributed by atoms with van der Waals surface area (Å²) < 4.78 is 0. The predicted molar refractivity (Wildman–Crippen MR) is 68.7 cm³/mol. The summed E-state index contributed by atoms with van der Waals surface area (Å²) in [4.78, 5) is 13.2. The Balaban J connectivity index is 2.16. The summed E-state index contributed by atoms with van der Waals surface area (Å²) in [7, 11) is 2.16. The van der Waals surface area contributed by atoms with Crippen LogP contribution in [0.15, 0.2) is 12.4 Å². The van der Waals surface area contributed by atoms with Gasteiger partial charge in [0.15, 0.2) is 5.82 Å². The lowest BCUT2D eigenvalue weighted by molar-refractivity contribution is 0.169. The Kier molecular flexibility index (Phi) is 3.44. The van der Waals surface area contributed by atoms with Gasteiger partial charge >= 0.3 is 0 Å². The number of nitrogen functional groups attached to an aromatic ring is 1. The summed E-state index contributed by atoms with van der Waals surface area (Å²) in [6.45, 7) is 6.37. The van der Waals surface area contributed by atoms with Gasteiger partial charge in [-0.3, -0.25) is 9.88 Å². The lowest BCUT2D eigenvalue weighted by atomic mass is 10.1. The number of likely N-dealkylation sites (N-methyl/N-ethyl adjacent to an activating group) is 1. The minimum atomic E-state index is 0.509. The van der Waals surface area contributed by atoms with Crippen LogP contribution in [-0.4, -0.2) is 47.1 Å². The Labute approximate surface area is 102 Å². The van der Waals surface area contributed by atoms with Crippen molar-refractivity contribution in [2.45, 2.75) is 25.9 Å². The first kappa shape index (κ1) is 12.1. The third kappa shape index (κ3) is 2.48.